The summed E-state index contributed by atoms with van der Waals surface area (Å²) in [5, 5.41) is 1.09. The van der Waals surface area contributed by atoms with Crippen molar-refractivity contribution in [1.29, 1.82) is 0 Å². The Kier molecular flexibility index (Phi) is 2.63. The van der Waals surface area contributed by atoms with Crippen molar-refractivity contribution in [2.24, 2.45) is 5.84 Å². The molecule has 57 valence electrons. The minimum absolute atomic E-state index is 0.443. The van der Waals surface area contributed by atoms with Gasteiger partial charge in [0.1, 0.15) is 0 Å². The number of carbonyl (C=O) groups is 1. The fourth-order valence-electron chi connectivity index (χ4n) is 0.775. The molecule has 1 rings (SSSR count). The smallest absolute Gasteiger partial charge is 0.223 e. The highest BCUT2D eigenvalue weighted by Gasteiger charge is 1.94. The van der Waals surface area contributed by atoms with E-state index in [1.807, 2.05) is 12.1 Å². The Morgan fingerprint density at radius 2 is 2.18 bits per heavy atom. The molecule has 3 nitrogen and oxygen atoms in total. The van der Waals surface area contributed by atoms with Crippen LogP contribution in [0.1, 0.15) is 5.56 Å². The summed E-state index contributed by atoms with van der Waals surface area (Å²) in [5.41, 5.74) is 0.998. The average molecular weight is 149 g/mol. The van der Waals surface area contributed by atoms with Gasteiger partial charge in [0.2, 0.25) is 6.41 Å². The maximum Gasteiger partial charge on any atom is 0.223 e. The second-order valence-electron chi connectivity index (χ2n) is 2.19. The molecule has 0 unspecified atom stereocenters. The zero-order valence-corrected chi connectivity index (χ0v) is 6.03. The SMILES string of the molecule is NN(C=O)Cc1cc[c]cc1. The van der Waals surface area contributed by atoms with E-state index < -0.39 is 0 Å². The number of amides is 1. The highest BCUT2D eigenvalue weighted by Crippen LogP contribution is 1.98. The van der Waals surface area contributed by atoms with E-state index in [4.69, 9.17) is 5.84 Å². The maximum atomic E-state index is 10.1. The Labute approximate surface area is 65.4 Å². The summed E-state index contributed by atoms with van der Waals surface area (Å²) < 4.78 is 0. The van der Waals surface area contributed by atoms with E-state index in [1.54, 1.807) is 12.1 Å². The quantitative estimate of drug-likeness (QED) is 0.291. The molecule has 0 heterocycles. The first-order chi connectivity index (χ1) is 5.33. The van der Waals surface area contributed by atoms with Gasteiger partial charge in [0.25, 0.3) is 0 Å². The van der Waals surface area contributed by atoms with Crippen LogP contribution in [0.15, 0.2) is 24.3 Å². The Bertz CT molecular complexity index is 223. The van der Waals surface area contributed by atoms with Crippen molar-refractivity contribution in [3.63, 3.8) is 0 Å². The van der Waals surface area contributed by atoms with E-state index in [0.29, 0.717) is 13.0 Å². The van der Waals surface area contributed by atoms with Crippen LogP contribution in [0.2, 0.25) is 0 Å². The van der Waals surface area contributed by atoms with Crippen LogP contribution in [0.4, 0.5) is 0 Å². The van der Waals surface area contributed by atoms with Crippen molar-refractivity contribution in [2.75, 3.05) is 0 Å². The number of nitrogens with zero attached hydrogens (tertiary/aromatic N) is 1. The largest absolute Gasteiger partial charge is 0.279 e. The lowest BCUT2D eigenvalue weighted by Crippen LogP contribution is -2.28. The highest BCUT2D eigenvalue weighted by molar-refractivity contribution is 5.45. The third kappa shape index (κ3) is 2.39. The molecule has 0 aliphatic rings. The monoisotopic (exact) mass is 149 g/mol. The summed E-state index contributed by atoms with van der Waals surface area (Å²) in [6.45, 7) is 0.443. The molecule has 0 fully saturated rings. The van der Waals surface area contributed by atoms with Crippen molar-refractivity contribution in [3.05, 3.63) is 35.9 Å². The third-order valence-electron chi connectivity index (χ3n) is 1.29. The normalized spacial score (nSPS) is 9.18. The highest BCUT2D eigenvalue weighted by atomic mass is 16.1. The second kappa shape index (κ2) is 3.73. The van der Waals surface area contributed by atoms with Crippen LogP contribution in [-0.4, -0.2) is 11.4 Å². The first-order valence-corrected chi connectivity index (χ1v) is 3.24. The number of benzene rings is 1. The third-order valence-corrected chi connectivity index (χ3v) is 1.29. The van der Waals surface area contributed by atoms with Crippen LogP contribution in [0, 0.1) is 6.07 Å². The van der Waals surface area contributed by atoms with Gasteiger partial charge in [-0.05, 0) is 11.6 Å². The predicted molar refractivity (Wildman–Crippen MR) is 41.1 cm³/mol. The van der Waals surface area contributed by atoms with Gasteiger partial charge in [0.15, 0.2) is 0 Å². The summed E-state index contributed by atoms with van der Waals surface area (Å²) in [6, 6.07) is 10.2. The van der Waals surface area contributed by atoms with E-state index >= 15 is 0 Å². The van der Waals surface area contributed by atoms with Gasteiger partial charge in [-0.25, -0.2) is 5.84 Å². The van der Waals surface area contributed by atoms with Gasteiger partial charge in [-0.15, -0.1) is 0 Å². The van der Waals surface area contributed by atoms with E-state index in [1.165, 1.54) is 0 Å². The summed E-state index contributed by atoms with van der Waals surface area (Å²) >= 11 is 0. The lowest BCUT2D eigenvalue weighted by atomic mass is 10.2. The molecule has 1 aromatic carbocycles. The van der Waals surface area contributed by atoms with Gasteiger partial charge in [0.05, 0.1) is 6.54 Å². The van der Waals surface area contributed by atoms with Gasteiger partial charge in [-0.2, -0.15) is 0 Å². The van der Waals surface area contributed by atoms with Crippen LogP contribution < -0.4 is 5.84 Å². The predicted octanol–water partition coefficient (Wildman–Crippen LogP) is 0.319. The lowest BCUT2D eigenvalue weighted by molar-refractivity contribution is -0.118. The molecular weight excluding hydrogens is 140 g/mol. The molecule has 11 heavy (non-hydrogen) atoms. The van der Waals surface area contributed by atoms with Crippen molar-refractivity contribution >= 4 is 6.41 Å². The molecule has 0 atom stereocenters. The molecule has 0 saturated heterocycles. The summed E-state index contributed by atoms with van der Waals surface area (Å²) in [5.74, 6) is 5.26. The van der Waals surface area contributed by atoms with Crippen LogP contribution in [0.25, 0.3) is 0 Å². The second-order valence-corrected chi connectivity index (χ2v) is 2.19. The van der Waals surface area contributed by atoms with E-state index in [9.17, 15) is 4.79 Å². The van der Waals surface area contributed by atoms with Crippen LogP contribution in [0.3, 0.4) is 0 Å². The molecule has 0 saturated carbocycles. The Morgan fingerprint density at radius 1 is 1.55 bits per heavy atom. The summed E-state index contributed by atoms with van der Waals surface area (Å²) in [6.07, 6.45) is 0.594. The molecule has 0 aliphatic heterocycles. The number of carbonyl (C=O) groups excluding carboxylic acids is 1. The van der Waals surface area contributed by atoms with E-state index in [2.05, 4.69) is 6.07 Å². The zero-order valence-electron chi connectivity index (χ0n) is 6.03. The summed E-state index contributed by atoms with van der Waals surface area (Å²) in [7, 11) is 0. The van der Waals surface area contributed by atoms with Gasteiger partial charge in [-0.1, -0.05) is 24.3 Å². The van der Waals surface area contributed by atoms with Crippen molar-refractivity contribution in [1.82, 2.24) is 5.01 Å². The molecule has 0 bridgehead atoms. The van der Waals surface area contributed by atoms with Crippen molar-refractivity contribution < 1.29 is 4.79 Å². The van der Waals surface area contributed by atoms with Crippen molar-refractivity contribution in [2.45, 2.75) is 6.54 Å². The Hall–Kier alpha value is -1.35. The average Bonchev–Trinajstić information content (AvgIpc) is 2.06. The standard InChI is InChI=1S/C8H9N2O/c9-10(7-11)6-8-4-2-1-3-5-8/h2-5,7H,6,9H2. The number of hydrogen-bond acceptors (Lipinski definition) is 2. The molecule has 0 spiro atoms. The molecule has 3 heteroatoms. The van der Waals surface area contributed by atoms with Crippen LogP contribution in [0.5, 0.6) is 0 Å². The maximum absolute atomic E-state index is 10.1. The first-order valence-electron chi connectivity index (χ1n) is 3.24. The van der Waals surface area contributed by atoms with E-state index in [-0.39, 0.29) is 0 Å². The lowest BCUT2D eigenvalue weighted by Gasteiger charge is -2.08. The molecule has 1 radical (unpaired) electrons. The van der Waals surface area contributed by atoms with Gasteiger partial charge in [-0.3, -0.25) is 9.80 Å². The van der Waals surface area contributed by atoms with Crippen LogP contribution in [-0.2, 0) is 11.3 Å². The first kappa shape index (κ1) is 7.75. The molecule has 0 aromatic heterocycles. The number of hydrogen-bond donors (Lipinski definition) is 1. The fraction of sp³-hybridized carbons (Fsp3) is 0.125. The minimum atomic E-state index is 0.443. The molecule has 1 amide bonds. The van der Waals surface area contributed by atoms with Gasteiger partial charge >= 0.3 is 0 Å². The topological polar surface area (TPSA) is 46.3 Å². The minimum Gasteiger partial charge on any atom is -0.279 e. The number of nitrogens with two attached hydrogens (primary N) is 1. The van der Waals surface area contributed by atoms with Gasteiger partial charge in [0, 0.05) is 0 Å². The zero-order chi connectivity index (χ0) is 8.10. The molecule has 2 N–H and O–H groups in total. The molecule has 1 aromatic rings. The number of hydrazine groups is 1. The Balaban J connectivity index is 2.57. The molecular formula is C8H9N2O. The summed E-state index contributed by atoms with van der Waals surface area (Å²) in [4.78, 5) is 10.1. The fourth-order valence-corrected chi connectivity index (χ4v) is 0.775. The van der Waals surface area contributed by atoms with Crippen molar-refractivity contribution in [3.8, 4) is 0 Å². The van der Waals surface area contributed by atoms with Gasteiger partial charge < -0.3 is 0 Å². The van der Waals surface area contributed by atoms with E-state index in [0.717, 1.165) is 10.6 Å². The molecule has 0 aliphatic carbocycles. The van der Waals surface area contributed by atoms with Crippen LogP contribution >= 0.6 is 0 Å². The Morgan fingerprint density at radius 3 is 2.73 bits per heavy atom. The number of rotatable bonds is 3.